The number of rotatable bonds is 4. The number of carbonyl (C=O) groups excluding carboxylic acids is 1. The summed E-state index contributed by atoms with van der Waals surface area (Å²) in [5.74, 6) is 1.45. The van der Waals surface area contributed by atoms with Crippen molar-refractivity contribution in [2.24, 2.45) is 5.73 Å². The van der Waals surface area contributed by atoms with Crippen LogP contribution in [0.25, 0.3) is 0 Å². The lowest BCUT2D eigenvalue weighted by Gasteiger charge is -2.34. The van der Waals surface area contributed by atoms with Crippen LogP contribution in [0.2, 0.25) is 0 Å². The molecule has 3 heterocycles. The van der Waals surface area contributed by atoms with Crippen molar-refractivity contribution < 1.29 is 13.2 Å². The molecule has 2 fully saturated rings. The third kappa shape index (κ3) is 4.33. The van der Waals surface area contributed by atoms with Crippen molar-refractivity contribution in [1.29, 1.82) is 0 Å². The predicted molar refractivity (Wildman–Crippen MR) is 102 cm³/mol. The molecule has 0 radical (unpaired) electrons. The van der Waals surface area contributed by atoms with Gasteiger partial charge in [-0.1, -0.05) is 0 Å². The molecule has 0 spiro atoms. The van der Waals surface area contributed by atoms with Gasteiger partial charge in [0, 0.05) is 49.9 Å². The zero-order valence-electron chi connectivity index (χ0n) is 14.0. The Morgan fingerprint density at radius 1 is 1.28 bits per heavy atom. The van der Waals surface area contributed by atoms with Crippen LogP contribution in [0.1, 0.15) is 29.8 Å². The number of nitrogens with one attached hydrogen (secondary N) is 1. The number of piperidine rings is 1. The normalized spacial score (nSPS) is 22.4. The van der Waals surface area contributed by atoms with Crippen LogP contribution < -0.4 is 5.73 Å². The summed E-state index contributed by atoms with van der Waals surface area (Å²) in [7, 11) is -3.53. The number of hydrogen-bond acceptors (Lipinski definition) is 5. The average molecular weight is 409 g/mol. The first-order chi connectivity index (χ1) is 11.5. The number of hydrogen-bond donors (Lipinski definition) is 2. The highest BCUT2D eigenvalue weighted by molar-refractivity contribution is 7.99. The Balaban J connectivity index is 0.00000225. The molecule has 2 saturated heterocycles. The minimum Gasteiger partial charge on any atom is -0.356 e. The second-order valence-corrected chi connectivity index (χ2v) is 9.31. The van der Waals surface area contributed by atoms with E-state index in [1.54, 1.807) is 16.7 Å². The molecule has 1 aromatic heterocycles. The fourth-order valence-electron chi connectivity index (χ4n) is 3.25. The van der Waals surface area contributed by atoms with Crippen molar-refractivity contribution >= 4 is 40.1 Å². The Morgan fingerprint density at radius 3 is 2.68 bits per heavy atom. The highest BCUT2D eigenvalue weighted by Crippen LogP contribution is 2.23. The number of nitrogens with two attached hydrogens (primary N) is 1. The molecule has 142 valence electrons. The summed E-state index contributed by atoms with van der Waals surface area (Å²) in [5.41, 5.74) is 6.09. The number of thioether (sulfide) groups is 1. The molecule has 2 aliphatic heterocycles. The molecule has 1 atom stereocenters. The molecule has 3 rings (SSSR count). The van der Waals surface area contributed by atoms with Crippen molar-refractivity contribution in [2.75, 3.05) is 37.7 Å². The van der Waals surface area contributed by atoms with Gasteiger partial charge in [0.2, 0.25) is 10.0 Å². The SMILES string of the molecule is Cl.NCC1CCCCN1C(=O)c1cc(S(=O)(=O)N2CCSCC2)c[nH]1. The van der Waals surface area contributed by atoms with Crippen molar-refractivity contribution in [1.82, 2.24) is 14.2 Å². The highest BCUT2D eigenvalue weighted by Gasteiger charge is 2.30. The van der Waals surface area contributed by atoms with Crippen molar-refractivity contribution in [3.63, 3.8) is 0 Å². The molecule has 2 aliphatic rings. The number of nitrogens with zero attached hydrogens (tertiary/aromatic N) is 2. The lowest BCUT2D eigenvalue weighted by Crippen LogP contribution is -2.47. The third-order valence-corrected chi connectivity index (χ3v) is 7.47. The van der Waals surface area contributed by atoms with E-state index in [9.17, 15) is 13.2 Å². The quantitative estimate of drug-likeness (QED) is 0.777. The van der Waals surface area contributed by atoms with Gasteiger partial charge in [0.05, 0.1) is 0 Å². The molecule has 0 aromatic carbocycles. The van der Waals surface area contributed by atoms with E-state index in [1.807, 2.05) is 0 Å². The van der Waals surface area contributed by atoms with Gasteiger partial charge in [-0.15, -0.1) is 12.4 Å². The summed E-state index contributed by atoms with van der Waals surface area (Å²) in [6.07, 6.45) is 4.35. The summed E-state index contributed by atoms with van der Waals surface area (Å²) in [6.45, 7) is 2.14. The van der Waals surface area contributed by atoms with E-state index < -0.39 is 10.0 Å². The van der Waals surface area contributed by atoms with Crippen molar-refractivity contribution in [2.45, 2.75) is 30.2 Å². The van der Waals surface area contributed by atoms with E-state index in [0.717, 1.165) is 30.8 Å². The van der Waals surface area contributed by atoms with Gasteiger partial charge in [0.25, 0.3) is 5.91 Å². The number of sulfonamides is 1. The predicted octanol–water partition coefficient (Wildman–Crippen LogP) is 1.13. The maximum atomic E-state index is 12.7. The van der Waals surface area contributed by atoms with E-state index >= 15 is 0 Å². The second-order valence-electron chi connectivity index (χ2n) is 6.15. The lowest BCUT2D eigenvalue weighted by molar-refractivity contribution is 0.0618. The van der Waals surface area contributed by atoms with Crippen molar-refractivity contribution in [3.05, 3.63) is 18.0 Å². The lowest BCUT2D eigenvalue weighted by atomic mass is 10.0. The number of amides is 1. The van der Waals surface area contributed by atoms with E-state index in [0.29, 0.717) is 31.9 Å². The molecule has 0 saturated carbocycles. The number of aromatic amines is 1. The van der Waals surface area contributed by atoms with Gasteiger partial charge in [-0.05, 0) is 25.3 Å². The fraction of sp³-hybridized carbons (Fsp3) is 0.667. The van der Waals surface area contributed by atoms with Crippen LogP contribution in [0.3, 0.4) is 0 Å². The Morgan fingerprint density at radius 2 is 2.00 bits per heavy atom. The Hall–Kier alpha value is -0.740. The molecule has 1 unspecified atom stereocenters. The van der Waals surface area contributed by atoms with Crippen LogP contribution in [-0.4, -0.2) is 72.2 Å². The standard InChI is InChI=1S/C15H24N4O3S2.ClH/c16-10-12-3-1-2-4-19(12)15(20)14-9-13(11-17-14)24(21,22)18-5-7-23-8-6-18;/h9,11-12,17H,1-8,10,16H2;1H. The van der Waals surface area contributed by atoms with E-state index in [4.69, 9.17) is 5.73 Å². The van der Waals surface area contributed by atoms with Crippen LogP contribution >= 0.6 is 24.2 Å². The Labute approximate surface area is 159 Å². The molecule has 0 aliphatic carbocycles. The molecule has 3 N–H and O–H groups in total. The fourth-order valence-corrected chi connectivity index (χ4v) is 5.82. The molecule has 7 nitrogen and oxygen atoms in total. The number of likely N-dealkylation sites (tertiary alicyclic amines) is 1. The van der Waals surface area contributed by atoms with Crippen LogP contribution in [0.15, 0.2) is 17.2 Å². The summed E-state index contributed by atoms with van der Waals surface area (Å²) >= 11 is 1.76. The zero-order valence-corrected chi connectivity index (χ0v) is 16.5. The second kappa shape index (κ2) is 8.77. The zero-order chi connectivity index (χ0) is 17.2. The molecule has 1 aromatic rings. The van der Waals surface area contributed by atoms with Gasteiger partial charge in [0.15, 0.2) is 0 Å². The van der Waals surface area contributed by atoms with Crippen molar-refractivity contribution in [3.8, 4) is 0 Å². The minimum absolute atomic E-state index is 0. The number of carbonyl (C=O) groups is 1. The minimum atomic E-state index is -3.53. The van der Waals surface area contributed by atoms with Crippen LogP contribution in [-0.2, 0) is 10.0 Å². The molecule has 25 heavy (non-hydrogen) atoms. The first-order valence-electron chi connectivity index (χ1n) is 8.31. The van der Waals surface area contributed by atoms with Gasteiger partial charge in [-0.3, -0.25) is 4.79 Å². The average Bonchev–Trinajstić information content (AvgIpc) is 3.13. The summed E-state index contributed by atoms with van der Waals surface area (Å²) in [5, 5.41) is 0. The summed E-state index contributed by atoms with van der Waals surface area (Å²) in [4.78, 5) is 17.5. The number of halogens is 1. The van der Waals surface area contributed by atoms with Gasteiger partial charge in [-0.25, -0.2) is 8.42 Å². The Bertz CT molecular complexity index is 689. The van der Waals surface area contributed by atoms with Gasteiger partial charge in [0.1, 0.15) is 10.6 Å². The largest absolute Gasteiger partial charge is 0.356 e. The summed E-state index contributed by atoms with van der Waals surface area (Å²) in [6, 6.07) is 1.50. The molecular formula is C15H25ClN4O3S2. The third-order valence-electron chi connectivity index (χ3n) is 4.65. The maximum Gasteiger partial charge on any atom is 0.270 e. The molecule has 10 heteroatoms. The van der Waals surface area contributed by atoms with Gasteiger partial charge in [-0.2, -0.15) is 16.1 Å². The number of aromatic nitrogens is 1. The van der Waals surface area contributed by atoms with Crippen LogP contribution in [0.5, 0.6) is 0 Å². The summed E-state index contributed by atoms with van der Waals surface area (Å²) < 4.78 is 26.8. The first kappa shape index (κ1) is 20.6. The molecular weight excluding hydrogens is 384 g/mol. The highest BCUT2D eigenvalue weighted by atomic mass is 35.5. The molecule has 1 amide bonds. The van der Waals surface area contributed by atoms with E-state index in [2.05, 4.69) is 4.98 Å². The smallest absolute Gasteiger partial charge is 0.270 e. The van der Waals surface area contributed by atoms with E-state index in [-0.39, 0.29) is 29.3 Å². The van der Waals surface area contributed by atoms with Crippen LogP contribution in [0, 0.1) is 0 Å². The number of H-pyrrole nitrogens is 1. The monoisotopic (exact) mass is 408 g/mol. The topological polar surface area (TPSA) is 99.5 Å². The molecule has 0 bridgehead atoms. The Kier molecular flexibility index (Phi) is 7.21. The first-order valence-corrected chi connectivity index (χ1v) is 10.9. The van der Waals surface area contributed by atoms with Gasteiger partial charge < -0.3 is 15.6 Å². The maximum absolute atomic E-state index is 12.7. The van der Waals surface area contributed by atoms with E-state index in [1.165, 1.54) is 16.6 Å². The van der Waals surface area contributed by atoms with Crippen LogP contribution in [0.4, 0.5) is 0 Å². The van der Waals surface area contributed by atoms with Gasteiger partial charge >= 0.3 is 0 Å².